The maximum atomic E-state index is 12.7. The molecule has 0 radical (unpaired) electrons. The van der Waals surface area contributed by atoms with Crippen LogP contribution in [0.25, 0.3) is 0 Å². The van der Waals surface area contributed by atoms with Gasteiger partial charge in [0.15, 0.2) is 0 Å². The molecule has 0 heterocycles. The minimum atomic E-state index is -1.05. The van der Waals surface area contributed by atoms with Gasteiger partial charge in [-0.2, -0.15) is 0 Å². The van der Waals surface area contributed by atoms with Gasteiger partial charge in [-0.3, -0.25) is 19.2 Å². The van der Waals surface area contributed by atoms with Crippen LogP contribution >= 0.6 is 46.4 Å². The maximum absolute atomic E-state index is 12.7. The van der Waals surface area contributed by atoms with Crippen molar-refractivity contribution in [2.45, 2.75) is 52.0 Å². The Labute approximate surface area is 276 Å². The van der Waals surface area contributed by atoms with Crippen LogP contribution in [0.2, 0.25) is 0 Å². The number of ether oxygens (including phenoxy) is 3. The molecule has 0 spiro atoms. The zero-order valence-corrected chi connectivity index (χ0v) is 28.6. The summed E-state index contributed by atoms with van der Waals surface area (Å²) >= 11 is 22.7. The number of hydrogen-bond acceptors (Lipinski definition) is 7. The highest BCUT2D eigenvalue weighted by Gasteiger charge is 2.34. The summed E-state index contributed by atoms with van der Waals surface area (Å²) in [5.74, 6) is 0.180. The first-order chi connectivity index (χ1) is 20.5. The summed E-state index contributed by atoms with van der Waals surface area (Å²) in [6, 6.07) is 0. The van der Waals surface area contributed by atoms with Gasteiger partial charge in [0.25, 0.3) is 0 Å². The average Bonchev–Trinajstić information content (AvgIpc) is 2.94. The van der Waals surface area contributed by atoms with Crippen molar-refractivity contribution in [3.63, 3.8) is 0 Å². The Balaban J connectivity index is 5.40. The monoisotopic (exact) mass is 694 g/mol. The van der Waals surface area contributed by atoms with Crippen molar-refractivity contribution in [3.05, 3.63) is 0 Å². The second kappa shape index (κ2) is 26.2. The molecule has 0 rings (SSSR count). The lowest BCUT2D eigenvalue weighted by atomic mass is 10.0. The molecule has 0 aromatic carbocycles. The third kappa shape index (κ3) is 23.0. The molecule has 11 nitrogen and oxygen atoms in total. The van der Waals surface area contributed by atoms with E-state index in [9.17, 15) is 19.2 Å². The van der Waals surface area contributed by atoms with E-state index in [4.69, 9.17) is 60.6 Å². The minimum absolute atomic E-state index is 0.00871. The SMILES string of the molecule is CC(CNC(=O)CCCl)COCC(COCC(C)CNC(=O)CCCl)(COCC(C)CNC(=O)CCCl)NC(=O)CCCl. The molecule has 0 saturated carbocycles. The average molecular weight is 697 g/mol. The van der Waals surface area contributed by atoms with Crippen molar-refractivity contribution < 1.29 is 33.4 Å². The fraction of sp³-hybridized carbons (Fsp3) is 0.857. The van der Waals surface area contributed by atoms with E-state index in [-0.39, 0.29) is 110 Å². The molecule has 3 unspecified atom stereocenters. The normalized spacial score (nSPS) is 14.7. The summed E-state index contributed by atoms with van der Waals surface area (Å²) in [5.41, 5.74) is -1.05. The fourth-order valence-corrected chi connectivity index (χ4v) is 4.29. The van der Waals surface area contributed by atoms with Crippen molar-refractivity contribution in [3.8, 4) is 0 Å². The maximum Gasteiger partial charge on any atom is 0.221 e. The van der Waals surface area contributed by atoms with Gasteiger partial charge in [0.05, 0.1) is 39.6 Å². The minimum Gasteiger partial charge on any atom is -0.378 e. The molecule has 0 aromatic heterocycles. The molecule has 0 aliphatic rings. The molecular weight excluding hydrogens is 646 g/mol. The molecule has 4 amide bonds. The van der Waals surface area contributed by atoms with Gasteiger partial charge in [-0.15, -0.1) is 46.4 Å². The highest BCUT2D eigenvalue weighted by atomic mass is 35.5. The van der Waals surface area contributed by atoms with Crippen molar-refractivity contribution in [1.29, 1.82) is 0 Å². The number of halogens is 4. The van der Waals surface area contributed by atoms with E-state index in [0.717, 1.165) is 0 Å². The van der Waals surface area contributed by atoms with Crippen LogP contribution < -0.4 is 21.3 Å². The molecule has 43 heavy (non-hydrogen) atoms. The molecule has 0 aliphatic heterocycles. The summed E-state index contributed by atoms with van der Waals surface area (Å²) in [5, 5.41) is 11.5. The van der Waals surface area contributed by atoms with Gasteiger partial charge in [-0.25, -0.2) is 0 Å². The number of hydrogen-bond donors (Lipinski definition) is 4. The molecule has 3 atom stereocenters. The number of carbonyl (C=O) groups is 4. The van der Waals surface area contributed by atoms with Gasteiger partial charge in [0.2, 0.25) is 23.6 Å². The first-order valence-electron chi connectivity index (χ1n) is 14.6. The molecular formula is C28H50Cl4N4O7. The Morgan fingerprint density at radius 3 is 1.09 bits per heavy atom. The van der Waals surface area contributed by atoms with Crippen molar-refractivity contribution >= 4 is 70.0 Å². The number of amides is 4. The first-order valence-corrected chi connectivity index (χ1v) is 16.7. The summed E-state index contributed by atoms with van der Waals surface area (Å²) in [4.78, 5) is 48.0. The van der Waals surface area contributed by atoms with E-state index in [0.29, 0.717) is 39.5 Å². The van der Waals surface area contributed by atoms with Crippen LogP contribution in [0.15, 0.2) is 0 Å². The van der Waals surface area contributed by atoms with Crippen LogP contribution in [0.5, 0.6) is 0 Å². The lowest BCUT2D eigenvalue weighted by Gasteiger charge is -2.35. The summed E-state index contributed by atoms with van der Waals surface area (Å²) in [6.45, 7) is 8.16. The van der Waals surface area contributed by atoms with Crippen LogP contribution in [-0.2, 0) is 33.4 Å². The largest absolute Gasteiger partial charge is 0.378 e. The van der Waals surface area contributed by atoms with Crippen LogP contribution in [-0.4, -0.2) is 112 Å². The topological polar surface area (TPSA) is 144 Å². The lowest BCUT2D eigenvalue weighted by Crippen LogP contribution is -2.59. The fourth-order valence-electron chi connectivity index (χ4n) is 3.61. The Bertz CT molecular complexity index is 715. The highest BCUT2D eigenvalue weighted by molar-refractivity contribution is 6.19. The van der Waals surface area contributed by atoms with Crippen molar-refractivity contribution in [1.82, 2.24) is 21.3 Å². The quantitative estimate of drug-likeness (QED) is 0.0968. The second-order valence-electron chi connectivity index (χ2n) is 10.9. The Morgan fingerprint density at radius 1 is 0.535 bits per heavy atom. The van der Waals surface area contributed by atoms with Gasteiger partial charge in [0, 0.05) is 68.8 Å². The Hall–Kier alpha value is -1.08. The van der Waals surface area contributed by atoms with Crippen LogP contribution in [0.3, 0.4) is 0 Å². The molecule has 0 fully saturated rings. The van der Waals surface area contributed by atoms with Crippen LogP contribution in [0.4, 0.5) is 0 Å². The third-order valence-corrected chi connectivity index (χ3v) is 6.73. The van der Waals surface area contributed by atoms with Gasteiger partial charge in [-0.1, -0.05) is 20.8 Å². The van der Waals surface area contributed by atoms with E-state index < -0.39 is 5.54 Å². The number of carbonyl (C=O) groups excluding carboxylic acids is 4. The predicted molar refractivity (Wildman–Crippen MR) is 171 cm³/mol. The van der Waals surface area contributed by atoms with Gasteiger partial charge in [0.1, 0.15) is 5.54 Å². The second-order valence-corrected chi connectivity index (χ2v) is 12.4. The standard InChI is InChI=1S/C28H50Cl4N4O7/c1-21(12-33-24(37)4-8-29)15-41-18-28(36-27(40)7-11-32,19-42-16-22(2)13-34-25(38)5-9-30)20-43-17-23(3)14-35-26(39)6-10-31/h21-23H,4-20H2,1-3H3,(H,33,37)(H,34,38)(H,35,39)(H,36,40). The molecule has 15 heteroatoms. The van der Waals surface area contributed by atoms with E-state index in [1.54, 1.807) is 0 Å². The zero-order valence-electron chi connectivity index (χ0n) is 25.6. The molecule has 0 aromatic rings. The lowest BCUT2D eigenvalue weighted by molar-refractivity contribution is -0.128. The smallest absolute Gasteiger partial charge is 0.221 e. The van der Waals surface area contributed by atoms with E-state index in [2.05, 4.69) is 21.3 Å². The summed E-state index contributed by atoms with van der Waals surface area (Å²) < 4.78 is 18.1. The summed E-state index contributed by atoms with van der Waals surface area (Å²) in [7, 11) is 0. The first kappa shape index (κ1) is 41.9. The molecule has 0 bridgehead atoms. The zero-order chi connectivity index (χ0) is 32.5. The van der Waals surface area contributed by atoms with E-state index >= 15 is 0 Å². The van der Waals surface area contributed by atoms with Crippen molar-refractivity contribution in [2.24, 2.45) is 17.8 Å². The van der Waals surface area contributed by atoms with Crippen LogP contribution in [0.1, 0.15) is 46.5 Å². The number of nitrogens with one attached hydrogen (secondary N) is 4. The third-order valence-electron chi connectivity index (χ3n) is 5.98. The number of rotatable bonds is 27. The number of alkyl halides is 4. The summed E-state index contributed by atoms with van der Waals surface area (Å²) in [6.07, 6.45) is 0.813. The van der Waals surface area contributed by atoms with Gasteiger partial charge in [-0.05, 0) is 17.8 Å². The van der Waals surface area contributed by atoms with E-state index in [1.807, 2.05) is 20.8 Å². The molecule has 252 valence electrons. The Morgan fingerprint density at radius 2 is 0.814 bits per heavy atom. The highest BCUT2D eigenvalue weighted by Crippen LogP contribution is 2.13. The molecule has 0 aliphatic carbocycles. The predicted octanol–water partition coefficient (Wildman–Crippen LogP) is 2.66. The van der Waals surface area contributed by atoms with Crippen LogP contribution in [0, 0.1) is 17.8 Å². The van der Waals surface area contributed by atoms with Gasteiger partial charge < -0.3 is 35.5 Å². The Kier molecular flexibility index (Phi) is 25.5. The molecule has 4 N–H and O–H groups in total. The van der Waals surface area contributed by atoms with Crippen molar-refractivity contribution in [2.75, 3.05) is 82.8 Å². The van der Waals surface area contributed by atoms with Gasteiger partial charge >= 0.3 is 0 Å². The molecule has 0 saturated heterocycles. The van der Waals surface area contributed by atoms with E-state index in [1.165, 1.54) is 0 Å².